The minimum absolute atomic E-state index is 0.0713. The molecule has 1 aliphatic rings. The topological polar surface area (TPSA) is 42.0 Å². The predicted octanol–water partition coefficient (Wildman–Crippen LogP) is 2.20. The standard InChI is InChI=1S/C18H24N2O3/c1-4-8-19-10-12-20(13-11-19)9-7-17(21)16-6-5-15(22-2)14-18(16)23-3/h4-7,9,14H,1,8,10-13H2,2-3H3. The van der Waals surface area contributed by atoms with Gasteiger partial charge in [-0.3, -0.25) is 9.69 Å². The fourth-order valence-electron chi connectivity index (χ4n) is 2.54. The molecule has 0 N–H and O–H groups in total. The van der Waals surface area contributed by atoms with Gasteiger partial charge in [-0.05, 0) is 12.1 Å². The fraction of sp³-hybridized carbons (Fsp3) is 0.389. The molecular formula is C18H24N2O3. The van der Waals surface area contributed by atoms with Crippen molar-refractivity contribution in [2.45, 2.75) is 0 Å². The van der Waals surface area contributed by atoms with Crippen LogP contribution in [0.5, 0.6) is 11.5 Å². The molecule has 5 nitrogen and oxygen atoms in total. The maximum absolute atomic E-state index is 12.4. The number of hydrogen-bond acceptors (Lipinski definition) is 5. The van der Waals surface area contributed by atoms with Gasteiger partial charge in [-0.1, -0.05) is 6.08 Å². The van der Waals surface area contributed by atoms with Crippen LogP contribution in [-0.2, 0) is 0 Å². The van der Waals surface area contributed by atoms with Crippen LogP contribution in [-0.4, -0.2) is 62.5 Å². The summed E-state index contributed by atoms with van der Waals surface area (Å²) in [7, 11) is 3.14. The van der Waals surface area contributed by atoms with Gasteiger partial charge in [-0.2, -0.15) is 0 Å². The highest BCUT2D eigenvalue weighted by atomic mass is 16.5. The molecule has 1 heterocycles. The average molecular weight is 316 g/mol. The summed E-state index contributed by atoms with van der Waals surface area (Å²) in [6.07, 6.45) is 5.40. The van der Waals surface area contributed by atoms with Crippen molar-refractivity contribution in [2.75, 3.05) is 46.9 Å². The summed E-state index contributed by atoms with van der Waals surface area (Å²) in [5.41, 5.74) is 0.537. The Morgan fingerprint density at radius 2 is 1.96 bits per heavy atom. The molecular weight excluding hydrogens is 292 g/mol. The Morgan fingerprint density at radius 1 is 1.22 bits per heavy atom. The van der Waals surface area contributed by atoms with Gasteiger partial charge >= 0.3 is 0 Å². The summed E-state index contributed by atoms with van der Waals surface area (Å²) in [4.78, 5) is 16.9. The van der Waals surface area contributed by atoms with Crippen molar-refractivity contribution >= 4 is 5.78 Å². The van der Waals surface area contributed by atoms with Crippen molar-refractivity contribution in [3.8, 4) is 11.5 Å². The van der Waals surface area contributed by atoms with Gasteiger partial charge in [-0.15, -0.1) is 6.58 Å². The maximum Gasteiger partial charge on any atom is 0.191 e. The molecule has 0 atom stereocenters. The van der Waals surface area contributed by atoms with Crippen LogP contribution >= 0.6 is 0 Å². The number of hydrogen-bond donors (Lipinski definition) is 0. The van der Waals surface area contributed by atoms with Gasteiger partial charge in [0.25, 0.3) is 0 Å². The van der Waals surface area contributed by atoms with E-state index in [1.807, 2.05) is 12.3 Å². The molecule has 1 fully saturated rings. The Bertz CT molecular complexity index is 576. The minimum Gasteiger partial charge on any atom is -0.497 e. The monoisotopic (exact) mass is 316 g/mol. The molecule has 0 unspecified atom stereocenters. The van der Waals surface area contributed by atoms with Gasteiger partial charge in [0.1, 0.15) is 11.5 Å². The van der Waals surface area contributed by atoms with E-state index in [0.29, 0.717) is 17.1 Å². The first-order chi connectivity index (χ1) is 11.2. The second kappa shape index (κ2) is 8.39. The van der Waals surface area contributed by atoms with Gasteiger partial charge < -0.3 is 14.4 Å². The summed E-state index contributed by atoms with van der Waals surface area (Å²) in [6.45, 7) is 8.47. The number of rotatable bonds is 7. The van der Waals surface area contributed by atoms with E-state index in [0.717, 1.165) is 32.7 Å². The molecule has 1 saturated heterocycles. The van der Waals surface area contributed by atoms with E-state index in [2.05, 4.69) is 16.4 Å². The number of methoxy groups -OCH3 is 2. The normalized spacial score (nSPS) is 15.7. The zero-order valence-corrected chi connectivity index (χ0v) is 13.8. The molecule has 0 spiro atoms. The number of benzene rings is 1. The second-order valence-corrected chi connectivity index (χ2v) is 5.37. The second-order valence-electron chi connectivity index (χ2n) is 5.37. The quantitative estimate of drug-likeness (QED) is 0.438. The number of ketones is 1. The molecule has 1 aromatic rings. The van der Waals surface area contributed by atoms with Crippen LogP contribution < -0.4 is 9.47 Å². The van der Waals surface area contributed by atoms with E-state index < -0.39 is 0 Å². The molecule has 1 aromatic carbocycles. The van der Waals surface area contributed by atoms with E-state index in [-0.39, 0.29) is 5.78 Å². The van der Waals surface area contributed by atoms with Crippen LogP contribution in [0.25, 0.3) is 0 Å². The summed E-state index contributed by atoms with van der Waals surface area (Å²) in [5.74, 6) is 1.12. The van der Waals surface area contributed by atoms with Gasteiger partial charge in [0.15, 0.2) is 5.78 Å². The molecule has 1 aliphatic heterocycles. The van der Waals surface area contributed by atoms with Crippen LogP contribution in [0.4, 0.5) is 0 Å². The first kappa shape index (κ1) is 17.1. The Labute approximate surface area is 137 Å². The lowest BCUT2D eigenvalue weighted by atomic mass is 10.1. The minimum atomic E-state index is -0.0713. The number of nitrogens with zero attached hydrogens (tertiary/aromatic N) is 2. The molecule has 124 valence electrons. The lowest BCUT2D eigenvalue weighted by Gasteiger charge is -2.33. The first-order valence-corrected chi connectivity index (χ1v) is 7.69. The van der Waals surface area contributed by atoms with Crippen molar-refractivity contribution in [1.82, 2.24) is 9.80 Å². The van der Waals surface area contributed by atoms with E-state index in [1.165, 1.54) is 0 Å². The van der Waals surface area contributed by atoms with Crippen LogP contribution in [0.2, 0.25) is 0 Å². The zero-order chi connectivity index (χ0) is 16.7. The number of ether oxygens (including phenoxy) is 2. The number of piperazine rings is 1. The summed E-state index contributed by atoms with van der Waals surface area (Å²) in [6, 6.07) is 5.21. The van der Waals surface area contributed by atoms with Crippen molar-refractivity contribution in [2.24, 2.45) is 0 Å². The summed E-state index contributed by atoms with van der Waals surface area (Å²) < 4.78 is 10.4. The van der Waals surface area contributed by atoms with Crippen molar-refractivity contribution in [3.63, 3.8) is 0 Å². The maximum atomic E-state index is 12.4. The lowest BCUT2D eigenvalue weighted by molar-refractivity contribution is 0.104. The molecule has 0 saturated carbocycles. The summed E-state index contributed by atoms with van der Waals surface area (Å²) >= 11 is 0. The van der Waals surface area contributed by atoms with Crippen LogP contribution in [0.15, 0.2) is 43.1 Å². The zero-order valence-electron chi connectivity index (χ0n) is 13.8. The van der Waals surface area contributed by atoms with E-state index in [1.54, 1.807) is 38.5 Å². The van der Waals surface area contributed by atoms with Crippen LogP contribution in [0, 0.1) is 0 Å². The SMILES string of the molecule is C=CCN1CCN(C=CC(=O)c2ccc(OC)cc2OC)CC1. The van der Waals surface area contributed by atoms with E-state index in [9.17, 15) is 4.79 Å². The average Bonchev–Trinajstić information content (AvgIpc) is 2.60. The third-order valence-electron chi connectivity index (χ3n) is 3.91. The lowest BCUT2D eigenvalue weighted by Crippen LogP contribution is -2.43. The molecule has 0 amide bonds. The largest absolute Gasteiger partial charge is 0.497 e. The van der Waals surface area contributed by atoms with Gasteiger partial charge in [0.05, 0.1) is 19.8 Å². The summed E-state index contributed by atoms with van der Waals surface area (Å²) in [5, 5.41) is 0. The number of allylic oxidation sites excluding steroid dienone is 1. The van der Waals surface area contributed by atoms with Gasteiger partial charge in [0.2, 0.25) is 0 Å². The van der Waals surface area contributed by atoms with Crippen LogP contribution in [0.3, 0.4) is 0 Å². The molecule has 2 rings (SSSR count). The van der Waals surface area contributed by atoms with Crippen LogP contribution in [0.1, 0.15) is 10.4 Å². The Hall–Kier alpha value is -2.27. The molecule has 0 aliphatic carbocycles. The van der Waals surface area contributed by atoms with Gasteiger partial charge in [0, 0.05) is 51.1 Å². The van der Waals surface area contributed by atoms with Gasteiger partial charge in [-0.25, -0.2) is 0 Å². The van der Waals surface area contributed by atoms with Crippen molar-refractivity contribution < 1.29 is 14.3 Å². The Balaban J connectivity index is 1.98. The number of carbonyl (C=O) groups excluding carboxylic acids is 1. The fourth-order valence-corrected chi connectivity index (χ4v) is 2.54. The van der Waals surface area contributed by atoms with Crippen molar-refractivity contribution in [1.29, 1.82) is 0 Å². The molecule has 5 heteroatoms. The van der Waals surface area contributed by atoms with E-state index >= 15 is 0 Å². The molecule has 0 bridgehead atoms. The van der Waals surface area contributed by atoms with Crippen molar-refractivity contribution in [3.05, 3.63) is 48.7 Å². The Kier molecular flexibility index (Phi) is 6.23. The van der Waals surface area contributed by atoms with E-state index in [4.69, 9.17) is 9.47 Å². The number of carbonyl (C=O) groups is 1. The smallest absolute Gasteiger partial charge is 0.191 e. The first-order valence-electron chi connectivity index (χ1n) is 7.69. The predicted molar refractivity (Wildman–Crippen MR) is 91.2 cm³/mol. The highest BCUT2D eigenvalue weighted by Gasteiger charge is 2.14. The highest BCUT2D eigenvalue weighted by Crippen LogP contribution is 2.25. The highest BCUT2D eigenvalue weighted by molar-refractivity contribution is 6.06. The third kappa shape index (κ3) is 4.60. The molecule has 0 aromatic heterocycles. The third-order valence-corrected chi connectivity index (χ3v) is 3.91. The molecule has 23 heavy (non-hydrogen) atoms. The Morgan fingerprint density at radius 3 is 2.57 bits per heavy atom. The molecule has 0 radical (unpaired) electrons.